The molecule has 2 N–H and O–H groups in total. The van der Waals surface area contributed by atoms with E-state index in [0.29, 0.717) is 5.11 Å². The predicted octanol–water partition coefficient (Wildman–Crippen LogP) is 3.00. The summed E-state index contributed by atoms with van der Waals surface area (Å²) >= 11 is 5.18. The molecule has 0 atom stereocenters. The number of hydrogen-bond acceptors (Lipinski definition) is 1. The summed E-state index contributed by atoms with van der Waals surface area (Å²) < 4.78 is 0. The Morgan fingerprint density at radius 2 is 2.07 bits per heavy atom. The van der Waals surface area contributed by atoms with Gasteiger partial charge in [-0.05, 0) is 49.7 Å². The maximum atomic E-state index is 5.18. The van der Waals surface area contributed by atoms with E-state index in [2.05, 4.69) is 37.5 Å². The largest absolute Gasteiger partial charge is 0.362 e. The van der Waals surface area contributed by atoms with Gasteiger partial charge in [-0.1, -0.05) is 19.1 Å². The van der Waals surface area contributed by atoms with Crippen LogP contribution in [0, 0.1) is 13.8 Å². The SMILES string of the molecule is CCCNC(=S)Nc1cccc(C)c1C. The van der Waals surface area contributed by atoms with Crippen LogP contribution in [0.5, 0.6) is 0 Å². The summed E-state index contributed by atoms with van der Waals surface area (Å²) in [5.74, 6) is 0. The highest BCUT2D eigenvalue weighted by Crippen LogP contribution is 2.17. The second-order valence-corrected chi connectivity index (χ2v) is 4.04. The van der Waals surface area contributed by atoms with Crippen LogP contribution in [0.3, 0.4) is 0 Å². The van der Waals surface area contributed by atoms with Crippen LogP contribution in [0.2, 0.25) is 0 Å². The molecule has 15 heavy (non-hydrogen) atoms. The monoisotopic (exact) mass is 222 g/mol. The highest BCUT2D eigenvalue weighted by Gasteiger charge is 2.01. The maximum absolute atomic E-state index is 5.18. The van der Waals surface area contributed by atoms with Crippen molar-refractivity contribution >= 4 is 23.0 Å². The van der Waals surface area contributed by atoms with Crippen molar-refractivity contribution in [2.24, 2.45) is 0 Å². The first kappa shape index (κ1) is 12.0. The van der Waals surface area contributed by atoms with Crippen molar-refractivity contribution in [3.8, 4) is 0 Å². The third-order valence-electron chi connectivity index (χ3n) is 2.39. The summed E-state index contributed by atoms with van der Waals surface area (Å²) in [4.78, 5) is 0. The molecule has 1 aromatic rings. The minimum atomic E-state index is 0.700. The molecular weight excluding hydrogens is 204 g/mol. The quantitative estimate of drug-likeness (QED) is 0.769. The molecule has 0 radical (unpaired) electrons. The Bertz CT molecular complexity index is 347. The number of rotatable bonds is 3. The Morgan fingerprint density at radius 1 is 1.33 bits per heavy atom. The molecule has 0 fully saturated rings. The van der Waals surface area contributed by atoms with Gasteiger partial charge in [-0.2, -0.15) is 0 Å². The number of thiocarbonyl (C=S) groups is 1. The topological polar surface area (TPSA) is 24.1 Å². The van der Waals surface area contributed by atoms with Crippen LogP contribution >= 0.6 is 12.2 Å². The van der Waals surface area contributed by atoms with Gasteiger partial charge in [-0.15, -0.1) is 0 Å². The average molecular weight is 222 g/mol. The Hall–Kier alpha value is -1.09. The predicted molar refractivity (Wildman–Crippen MR) is 70.4 cm³/mol. The highest BCUT2D eigenvalue weighted by molar-refractivity contribution is 7.80. The number of anilines is 1. The molecule has 0 aliphatic carbocycles. The molecule has 0 saturated carbocycles. The molecule has 1 rings (SSSR count). The standard InChI is InChI=1S/C12H18N2S/c1-4-8-13-12(15)14-11-7-5-6-9(2)10(11)3/h5-7H,4,8H2,1-3H3,(H2,13,14,15). The first-order valence-electron chi connectivity index (χ1n) is 5.26. The molecule has 2 nitrogen and oxygen atoms in total. The number of nitrogens with one attached hydrogen (secondary N) is 2. The molecule has 0 unspecified atom stereocenters. The summed E-state index contributed by atoms with van der Waals surface area (Å²) in [6, 6.07) is 6.18. The molecule has 0 aliphatic heterocycles. The summed E-state index contributed by atoms with van der Waals surface area (Å²) in [6.07, 6.45) is 1.08. The zero-order valence-electron chi connectivity index (χ0n) is 9.55. The molecule has 0 saturated heterocycles. The fourth-order valence-corrected chi connectivity index (χ4v) is 1.50. The van der Waals surface area contributed by atoms with Gasteiger partial charge in [0.2, 0.25) is 0 Å². The lowest BCUT2D eigenvalue weighted by Gasteiger charge is -2.13. The van der Waals surface area contributed by atoms with Gasteiger partial charge in [-0.25, -0.2) is 0 Å². The van der Waals surface area contributed by atoms with Gasteiger partial charge in [0.1, 0.15) is 0 Å². The van der Waals surface area contributed by atoms with Crippen molar-refractivity contribution < 1.29 is 0 Å². The van der Waals surface area contributed by atoms with E-state index in [0.717, 1.165) is 18.7 Å². The number of aryl methyl sites for hydroxylation is 1. The summed E-state index contributed by atoms with van der Waals surface area (Å²) in [7, 11) is 0. The van der Waals surface area contributed by atoms with Crippen LogP contribution in [0.15, 0.2) is 18.2 Å². The second-order valence-electron chi connectivity index (χ2n) is 3.63. The summed E-state index contributed by atoms with van der Waals surface area (Å²) in [5.41, 5.74) is 3.61. The molecule has 0 heterocycles. The lowest BCUT2D eigenvalue weighted by Crippen LogP contribution is -2.29. The van der Waals surface area contributed by atoms with Gasteiger partial charge in [0.25, 0.3) is 0 Å². The molecular formula is C12H18N2S. The lowest BCUT2D eigenvalue weighted by molar-refractivity contribution is 0.846. The normalized spacial score (nSPS) is 9.80. The Balaban J connectivity index is 2.64. The molecule has 0 spiro atoms. The first-order chi connectivity index (χ1) is 7.15. The van der Waals surface area contributed by atoms with Crippen molar-refractivity contribution in [3.63, 3.8) is 0 Å². The Kier molecular flexibility index (Phi) is 4.56. The van der Waals surface area contributed by atoms with E-state index in [9.17, 15) is 0 Å². The van der Waals surface area contributed by atoms with Gasteiger partial charge in [0.15, 0.2) is 5.11 Å². The zero-order valence-corrected chi connectivity index (χ0v) is 10.4. The van der Waals surface area contributed by atoms with Gasteiger partial charge in [0.05, 0.1) is 0 Å². The van der Waals surface area contributed by atoms with Crippen molar-refractivity contribution in [1.82, 2.24) is 5.32 Å². The van der Waals surface area contributed by atoms with E-state index in [1.54, 1.807) is 0 Å². The second kappa shape index (κ2) is 5.71. The third kappa shape index (κ3) is 3.51. The fourth-order valence-electron chi connectivity index (χ4n) is 1.29. The molecule has 0 bridgehead atoms. The number of hydrogen-bond donors (Lipinski definition) is 2. The van der Waals surface area contributed by atoms with Gasteiger partial charge < -0.3 is 10.6 Å². The smallest absolute Gasteiger partial charge is 0.170 e. The van der Waals surface area contributed by atoms with Crippen LogP contribution in [0.4, 0.5) is 5.69 Å². The van der Waals surface area contributed by atoms with Crippen LogP contribution in [0.25, 0.3) is 0 Å². The molecule has 1 aromatic carbocycles. The molecule has 82 valence electrons. The van der Waals surface area contributed by atoms with E-state index in [1.165, 1.54) is 11.1 Å². The molecule has 0 aromatic heterocycles. The van der Waals surface area contributed by atoms with E-state index >= 15 is 0 Å². The van der Waals surface area contributed by atoms with Gasteiger partial charge in [0, 0.05) is 12.2 Å². The van der Waals surface area contributed by atoms with Gasteiger partial charge in [-0.3, -0.25) is 0 Å². The van der Waals surface area contributed by atoms with Crippen molar-refractivity contribution in [2.45, 2.75) is 27.2 Å². The maximum Gasteiger partial charge on any atom is 0.170 e. The molecule has 0 aliphatic rings. The number of benzene rings is 1. The zero-order chi connectivity index (χ0) is 11.3. The highest BCUT2D eigenvalue weighted by atomic mass is 32.1. The van der Waals surface area contributed by atoms with Crippen molar-refractivity contribution in [1.29, 1.82) is 0 Å². The third-order valence-corrected chi connectivity index (χ3v) is 2.63. The molecule has 0 amide bonds. The van der Waals surface area contributed by atoms with Crippen LogP contribution in [0.1, 0.15) is 24.5 Å². The minimum Gasteiger partial charge on any atom is -0.362 e. The Labute approximate surface area is 97.1 Å². The lowest BCUT2D eigenvalue weighted by atomic mass is 10.1. The van der Waals surface area contributed by atoms with Crippen LogP contribution in [-0.2, 0) is 0 Å². The van der Waals surface area contributed by atoms with Gasteiger partial charge >= 0.3 is 0 Å². The van der Waals surface area contributed by atoms with E-state index in [1.807, 2.05) is 12.1 Å². The summed E-state index contributed by atoms with van der Waals surface area (Å²) in [5, 5.41) is 7.05. The van der Waals surface area contributed by atoms with Crippen LogP contribution < -0.4 is 10.6 Å². The summed E-state index contributed by atoms with van der Waals surface area (Å²) in [6.45, 7) is 7.23. The van der Waals surface area contributed by atoms with E-state index < -0.39 is 0 Å². The average Bonchev–Trinajstić information content (AvgIpc) is 2.22. The first-order valence-corrected chi connectivity index (χ1v) is 5.67. The minimum absolute atomic E-state index is 0.700. The fraction of sp³-hybridized carbons (Fsp3) is 0.417. The van der Waals surface area contributed by atoms with Crippen molar-refractivity contribution in [3.05, 3.63) is 29.3 Å². The molecule has 3 heteroatoms. The van der Waals surface area contributed by atoms with Crippen molar-refractivity contribution in [2.75, 3.05) is 11.9 Å². The van der Waals surface area contributed by atoms with E-state index in [-0.39, 0.29) is 0 Å². The van der Waals surface area contributed by atoms with E-state index in [4.69, 9.17) is 12.2 Å². The van der Waals surface area contributed by atoms with Crippen LogP contribution in [-0.4, -0.2) is 11.7 Å². The Morgan fingerprint density at radius 3 is 2.73 bits per heavy atom.